The summed E-state index contributed by atoms with van der Waals surface area (Å²) in [6.45, 7) is 3.71. The number of benzene rings is 2. The van der Waals surface area contributed by atoms with Crippen molar-refractivity contribution in [3.63, 3.8) is 0 Å². The van der Waals surface area contributed by atoms with Gasteiger partial charge in [-0.25, -0.2) is 4.90 Å². The average Bonchev–Trinajstić information content (AvgIpc) is 2.78. The fourth-order valence-corrected chi connectivity index (χ4v) is 3.20. The Morgan fingerprint density at radius 2 is 1.54 bits per heavy atom. The van der Waals surface area contributed by atoms with E-state index in [9.17, 15) is 14.4 Å². The van der Waals surface area contributed by atoms with Crippen LogP contribution in [0.2, 0.25) is 0 Å². The number of carbonyl (C=O) groups excluding carboxylic acids is 3. The first-order valence-electron chi connectivity index (χ1n) is 7.71. The molecule has 2 aromatic rings. The Bertz CT molecular complexity index is 878. The third-order valence-corrected chi connectivity index (χ3v) is 4.29. The fraction of sp³-hybridized carbons (Fsp3) is 0.211. The third kappa shape index (κ3) is 2.05. The molecule has 2 aliphatic rings. The van der Waals surface area contributed by atoms with Gasteiger partial charge in [-0.1, -0.05) is 12.1 Å². The zero-order chi connectivity index (χ0) is 17.1. The second-order valence-electron chi connectivity index (χ2n) is 6.63. The molecular formula is C19H15NO4. The molecule has 0 saturated carbocycles. The van der Waals surface area contributed by atoms with Gasteiger partial charge in [0.25, 0.3) is 11.8 Å². The Morgan fingerprint density at radius 3 is 2.17 bits per heavy atom. The molecular weight excluding hydrogens is 306 g/mol. The van der Waals surface area contributed by atoms with E-state index in [1.165, 1.54) is 0 Å². The van der Waals surface area contributed by atoms with Crippen LogP contribution in [-0.2, 0) is 0 Å². The van der Waals surface area contributed by atoms with Crippen LogP contribution in [-0.4, -0.2) is 23.2 Å². The van der Waals surface area contributed by atoms with Gasteiger partial charge in [-0.2, -0.15) is 0 Å². The number of ether oxygens (including phenoxy) is 1. The fourth-order valence-electron chi connectivity index (χ4n) is 3.20. The summed E-state index contributed by atoms with van der Waals surface area (Å²) in [6, 6.07) is 11.5. The molecule has 0 atom stereocenters. The third-order valence-electron chi connectivity index (χ3n) is 4.29. The molecule has 2 amide bonds. The lowest BCUT2D eigenvalue weighted by atomic mass is 9.93. The van der Waals surface area contributed by atoms with Gasteiger partial charge in [0.15, 0.2) is 5.78 Å². The van der Waals surface area contributed by atoms with Crippen molar-refractivity contribution in [2.45, 2.75) is 25.9 Å². The normalized spacial score (nSPS) is 18.2. The van der Waals surface area contributed by atoms with Crippen molar-refractivity contribution >= 4 is 23.3 Å². The first-order chi connectivity index (χ1) is 11.4. The molecule has 2 aromatic carbocycles. The number of nitrogens with zero attached hydrogens (tertiary/aromatic N) is 1. The summed E-state index contributed by atoms with van der Waals surface area (Å²) in [7, 11) is 0. The lowest BCUT2D eigenvalue weighted by Crippen LogP contribution is -2.36. The lowest BCUT2D eigenvalue weighted by molar-refractivity contribution is 0.0619. The zero-order valence-corrected chi connectivity index (χ0v) is 13.3. The molecule has 2 heterocycles. The highest BCUT2D eigenvalue weighted by atomic mass is 16.5. The number of anilines is 1. The highest BCUT2D eigenvalue weighted by Crippen LogP contribution is 2.37. The highest BCUT2D eigenvalue weighted by Gasteiger charge is 2.38. The quantitative estimate of drug-likeness (QED) is 0.757. The number of ketones is 1. The van der Waals surface area contributed by atoms with E-state index in [0.29, 0.717) is 28.1 Å². The van der Waals surface area contributed by atoms with Crippen LogP contribution in [0.25, 0.3) is 0 Å². The molecule has 2 aliphatic heterocycles. The van der Waals surface area contributed by atoms with Gasteiger partial charge in [-0.15, -0.1) is 0 Å². The zero-order valence-electron chi connectivity index (χ0n) is 13.3. The number of imide groups is 1. The van der Waals surface area contributed by atoms with E-state index in [1.807, 2.05) is 13.8 Å². The van der Waals surface area contributed by atoms with E-state index in [-0.39, 0.29) is 24.0 Å². The number of hydrogen-bond donors (Lipinski definition) is 0. The molecule has 5 nitrogen and oxygen atoms in total. The Morgan fingerprint density at radius 1 is 0.917 bits per heavy atom. The summed E-state index contributed by atoms with van der Waals surface area (Å²) in [4.78, 5) is 38.6. The Hall–Kier alpha value is -2.95. The number of Topliss-reactive ketones (excluding diaryl/α,β-unsaturated/α-hetero) is 1. The van der Waals surface area contributed by atoms with Crippen molar-refractivity contribution in [1.29, 1.82) is 0 Å². The summed E-state index contributed by atoms with van der Waals surface area (Å²) >= 11 is 0. The molecule has 0 aliphatic carbocycles. The van der Waals surface area contributed by atoms with Gasteiger partial charge in [0.2, 0.25) is 0 Å². The molecule has 0 spiro atoms. The van der Waals surface area contributed by atoms with Gasteiger partial charge < -0.3 is 4.74 Å². The van der Waals surface area contributed by atoms with Crippen LogP contribution in [0.5, 0.6) is 5.75 Å². The van der Waals surface area contributed by atoms with E-state index >= 15 is 0 Å². The van der Waals surface area contributed by atoms with Crippen molar-refractivity contribution in [3.8, 4) is 5.75 Å². The van der Waals surface area contributed by atoms with Crippen molar-refractivity contribution < 1.29 is 19.1 Å². The van der Waals surface area contributed by atoms with Crippen LogP contribution < -0.4 is 9.64 Å². The van der Waals surface area contributed by atoms with Gasteiger partial charge >= 0.3 is 0 Å². The maximum Gasteiger partial charge on any atom is 0.266 e. The molecule has 5 heteroatoms. The number of carbonyl (C=O) groups is 3. The number of amides is 2. The average molecular weight is 321 g/mol. The minimum atomic E-state index is -0.554. The minimum absolute atomic E-state index is 0.0558. The first kappa shape index (κ1) is 14.6. The summed E-state index contributed by atoms with van der Waals surface area (Å²) in [5.74, 6) is -0.323. The van der Waals surface area contributed by atoms with Crippen LogP contribution in [0.1, 0.15) is 51.3 Å². The Balaban J connectivity index is 1.78. The molecule has 0 saturated heterocycles. The predicted molar refractivity (Wildman–Crippen MR) is 87.7 cm³/mol. The van der Waals surface area contributed by atoms with Crippen molar-refractivity contribution in [3.05, 3.63) is 59.2 Å². The molecule has 24 heavy (non-hydrogen) atoms. The van der Waals surface area contributed by atoms with Crippen molar-refractivity contribution in [2.24, 2.45) is 0 Å². The van der Waals surface area contributed by atoms with E-state index in [1.54, 1.807) is 42.5 Å². The molecule has 0 unspecified atom stereocenters. The molecule has 0 radical (unpaired) electrons. The molecule has 0 N–H and O–H groups in total. The highest BCUT2D eigenvalue weighted by molar-refractivity contribution is 6.34. The lowest BCUT2D eigenvalue weighted by Gasteiger charge is -2.32. The van der Waals surface area contributed by atoms with E-state index in [2.05, 4.69) is 0 Å². The van der Waals surface area contributed by atoms with Gasteiger partial charge in [-0.05, 0) is 44.2 Å². The van der Waals surface area contributed by atoms with E-state index in [4.69, 9.17) is 4.74 Å². The van der Waals surface area contributed by atoms with Crippen LogP contribution in [0.3, 0.4) is 0 Å². The number of fused-ring (bicyclic) bond motifs is 2. The standard InChI is InChI=1S/C19H15NO4/c1-19(2)10-15(21)14-9-11(7-8-16(14)24-19)20-17(22)12-5-3-4-6-13(12)18(20)23/h3-9H,10H2,1-2H3. The van der Waals surface area contributed by atoms with E-state index < -0.39 is 5.60 Å². The van der Waals surface area contributed by atoms with Crippen molar-refractivity contribution in [1.82, 2.24) is 0 Å². The van der Waals surface area contributed by atoms with Crippen LogP contribution in [0.4, 0.5) is 5.69 Å². The summed E-state index contributed by atoms with van der Waals surface area (Å²) in [5.41, 5.74) is 0.994. The predicted octanol–water partition coefficient (Wildman–Crippen LogP) is 3.23. The minimum Gasteiger partial charge on any atom is -0.487 e. The summed E-state index contributed by atoms with van der Waals surface area (Å²) in [5, 5.41) is 0. The maximum atomic E-state index is 12.5. The smallest absolute Gasteiger partial charge is 0.266 e. The Kier molecular flexibility index (Phi) is 2.91. The first-order valence-corrected chi connectivity index (χ1v) is 7.71. The van der Waals surface area contributed by atoms with Crippen LogP contribution in [0, 0.1) is 0 Å². The molecule has 0 aromatic heterocycles. The molecule has 0 fully saturated rings. The Labute approximate surface area is 138 Å². The van der Waals surface area contributed by atoms with Crippen LogP contribution in [0.15, 0.2) is 42.5 Å². The van der Waals surface area contributed by atoms with Gasteiger partial charge in [0, 0.05) is 0 Å². The monoisotopic (exact) mass is 321 g/mol. The largest absolute Gasteiger partial charge is 0.487 e. The number of rotatable bonds is 1. The van der Waals surface area contributed by atoms with E-state index in [0.717, 1.165) is 4.90 Å². The van der Waals surface area contributed by atoms with Gasteiger partial charge in [0.1, 0.15) is 11.4 Å². The molecule has 120 valence electrons. The summed E-state index contributed by atoms with van der Waals surface area (Å²) < 4.78 is 5.81. The SMILES string of the molecule is CC1(C)CC(=O)c2cc(N3C(=O)c4ccccc4C3=O)ccc2O1. The second-order valence-corrected chi connectivity index (χ2v) is 6.63. The molecule has 4 rings (SSSR count). The maximum absolute atomic E-state index is 12.5. The second kappa shape index (κ2) is 4.77. The molecule has 0 bridgehead atoms. The van der Waals surface area contributed by atoms with Crippen LogP contribution >= 0.6 is 0 Å². The summed E-state index contributed by atoms with van der Waals surface area (Å²) in [6.07, 6.45) is 0.256. The van der Waals surface area contributed by atoms with Crippen molar-refractivity contribution in [2.75, 3.05) is 4.90 Å². The topological polar surface area (TPSA) is 63.7 Å². The number of hydrogen-bond acceptors (Lipinski definition) is 4. The van der Waals surface area contributed by atoms with Gasteiger partial charge in [-0.3, -0.25) is 14.4 Å². The van der Waals surface area contributed by atoms with Gasteiger partial charge in [0.05, 0.1) is 28.8 Å².